The maximum atomic E-state index is 6.10. The Hall–Kier alpha value is -2.40. The van der Waals surface area contributed by atoms with E-state index in [1.54, 1.807) is 7.11 Å². The fourth-order valence-corrected chi connectivity index (χ4v) is 3.86. The van der Waals surface area contributed by atoms with Gasteiger partial charge in [-0.15, -0.1) is 0 Å². The van der Waals surface area contributed by atoms with E-state index in [0.29, 0.717) is 12.5 Å². The highest BCUT2D eigenvalue weighted by Crippen LogP contribution is 2.31. The zero-order valence-corrected chi connectivity index (χ0v) is 15.9. The molecular formula is C22H28N2O3. The molecule has 2 aromatic rings. The molecule has 1 N–H and O–H groups in total. The molecule has 0 saturated carbocycles. The number of fused-ring (bicyclic) bond motifs is 1. The van der Waals surface area contributed by atoms with Gasteiger partial charge in [-0.05, 0) is 56.1 Å². The molecule has 0 aromatic heterocycles. The lowest BCUT2D eigenvalue weighted by Crippen LogP contribution is -2.44. The second-order valence-electron chi connectivity index (χ2n) is 7.32. The Bertz CT molecular complexity index is 744. The second kappa shape index (κ2) is 8.53. The Morgan fingerprint density at radius 1 is 1.04 bits per heavy atom. The Morgan fingerprint density at radius 2 is 1.78 bits per heavy atom. The molecule has 0 unspecified atom stereocenters. The summed E-state index contributed by atoms with van der Waals surface area (Å²) in [4.78, 5) is 2.50. The molecule has 1 fully saturated rings. The van der Waals surface area contributed by atoms with E-state index in [1.807, 2.05) is 42.5 Å². The molecular weight excluding hydrogens is 340 g/mol. The lowest BCUT2D eigenvalue weighted by Gasteiger charge is -2.35. The Labute approximate surface area is 161 Å². The first kappa shape index (κ1) is 18.0. The highest BCUT2D eigenvalue weighted by molar-refractivity contribution is 5.56. The fourth-order valence-electron chi connectivity index (χ4n) is 3.86. The Kier molecular flexibility index (Phi) is 5.68. The number of nitrogens with zero attached hydrogens (tertiary/aromatic N) is 1. The molecule has 0 spiro atoms. The number of piperidine rings is 1. The first-order valence-electron chi connectivity index (χ1n) is 9.79. The quantitative estimate of drug-likeness (QED) is 0.843. The van der Waals surface area contributed by atoms with Crippen LogP contribution >= 0.6 is 0 Å². The lowest BCUT2D eigenvalue weighted by molar-refractivity contribution is 0.0485. The van der Waals surface area contributed by atoms with E-state index in [0.717, 1.165) is 49.1 Å². The third-order valence-electron chi connectivity index (χ3n) is 5.42. The summed E-state index contributed by atoms with van der Waals surface area (Å²) in [5.41, 5.74) is 1.08. The first-order chi connectivity index (χ1) is 13.3. The van der Waals surface area contributed by atoms with E-state index < -0.39 is 0 Å². The van der Waals surface area contributed by atoms with Gasteiger partial charge in [0.2, 0.25) is 0 Å². The van der Waals surface area contributed by atoms with Crippen LogP contribution in [0.4, 0.5) is 5.69 Å². The zero-order chi connectivity index (χ0) is 18.5. The number of rotatable bonds is 6. The molecule has 144 valence electrons. The van der Waals surface area contributed by atoms with Crippen LogP contribution in [0.15, 0.2) is 48.5 Å². The largest absolute Gasteiger partial charge is 0.495 e. The van der Waals surface area contributed by atoms with Gasteiger partial charge in [-0.2, -0.15) is 0 Å². The molecule has 1 atom stereocenters. The minimum atomic E-state index is 0.114. The van der Waals surface area contributed by atoms with Gasteiger partial charge in [0, 0.05) is 13.1 Å². The van der Waals surface area contributed by atoms with Crippen LogP contribution in [0, 0.1) is 5.92 Å². The summed E-state index contributed by atoms with van der Waals surface area (Å²) in [6.07, 6.45) is 2.52. The number of nitrogens with one attached hydrogen (secondary N) is 1. The van der Waals surface area contributed by atoms with Crippen molar-refractivity contribution in [3.05, 3.63) is 48.5 Å². The van der Waals surface area contributed by atoms with E-state index in [1.165, 1.54) is 12.8 Å². The molecule has 4 rings (SSSR count). The minimum absolute atomic E-state index is 0.114. The van der Waals surface area contributed by atoms with Crippen LogP contribution in [0.2, 0.25) is 0 Å². The van der Waals surface area contributed by atoms with Gasteiger partial charge in [0.15, 0.2) is 11.5 Å². The van der Waals surface area contributed by atoms with Crippen molar-refractivity contribution in [2.24, 2.45) is 5.92 Å². The summed E-state index contributed by atoms with van der Waals surface area (Å²) < 4.78 is 17.3. The Balaban J connectivity index is 1.22. The summed E-state index contributed by atoms with van der Waals surface area (Å²) in [5.74, 6) is 3.32. The van der Waals surface area contributed by atoms with E-state index in [9.17, 15) is 0 Å². The van der Waals surface area contributed by atoms with Crippen molar-refractivity contribution in [1.82, 2.24) is 4.90 Å². The van der Waals surface area contributed by atoms with Gasteiger partial charge in [-0.3, -0.25) is 4.90 Å². The normalized spacial score (nSPS) is 20.3. The van der Waals surface area contributed by atoms with Crippen molar-refractivity contribution in [2.45, 2.75) is 18.9 Å². The van der Waals surface area contributed by atoms with Gasteiger partial charge in [-0.25, -0.2) is 0 Å². The first-order valence-corrected chi connectivity index (χ1v) is 9.79. The molecule has 2 aromatic carbocycles. The maximum absolute atomic E-state index is 6.10. The number of methoxy groups -OCH3 is 1. The van der Waals surface area contributed by atoms with Gasteiger partial charge in [0.05, 0.1) is 12.8 Å². The smallest absolute Gasteiger partial charge is 0.161 e. The topological polar surface area (TPSA) is 43.0 Å². The van der Waals surface area contributed by atoms with Crippen LogP contribution in [-0.4, -0.2) is 50.9 Å². The van der Waals surface area contributed by atoms with Gasteiger partial charge in [0.1, 0.15) is 18.5 Å². The molecule has 2 aliphatic rings. The van der Waals surface area contributed by atoms with Crippen LogP contribution in [0.5, 0.6) is 17.2 Å². The SMILES string of the molecule is COc1ccccc1NCC1CCN(C[C@H]2COc3ccccc3O2)CC1. The van der Waals surface area contributed by atoms with Crippen molar-refractivity contribution in [3.8, 4) is 17.2 Å². The highest BCUT2D eigenvalue weighted by Gasteiger charge is 2.26. The average Bonchev–Trinajstić information content (AvgIpc) is 2.73. The minimum Gasteiger partial charge on any atom is -0.495 e. The second-order valence-corrected chi connectivity index (χ2v) is 7.32. The van der Waals surface area contributed by atoms with Crippen LogP contribution in [0.1, 0.15) is 12.8 Å². The average molecular weight is 368 g/mol. The number of benzene rings is 2. The number of ether oxygens (including phenoxy) is 3. The van der Waals surface area contributed by atoms with E-state index >= 15 is 0 Å². The van der Waals surface area contributed by atoms with Crippen molar-refractivity contribution in [3.63, 3.8) is 0 Å². The lowest BCUT2D eigenvalue weighted by atomic mass is 9.96. The van der Waals surface area contributed by atoms with Crippen LogP contribution in [0.25, 0.3) is 0 Å². The summed E-state index contributed by atoms with van der Waals surface area (Å²) in [6.45, 7) is 4.78. The highest BCUT2D eigenvalue weighted by atomic mass is 16.6. The molecule has 2 heterocycles. The molecule has 0 radical (unpaired) electrons. The van der Waals surface area contributed by atoms with Gasteiger partial charge in [0.25, 0.3) is 0 Å². The van der Waals surface area contributed by atoms with Crippen molar-refractivity contribution in [1.29, 1.82) is 0 Å². The predicted molar refractivity (Wildman–Crippen MR) is 107 cm³/mol. The van der Waals surface area contributed by atoms with E-state index in [2.05, 4.69) is 16.3 Å². The van der Waals surface area contributed by atoms with Gasteiger partial charge >= 0.3 is 0 Å². The monoisotopic (exact) mass is 368 g/mol. The summed E-state index contributed by atoms with van der Waals surface area (Å²) in [7, 11) is 1.72. The summed E-state index contributed by atoms with van der Waals surface area (Å²) >= 11 is 0. The number of hydrogen-bond donors (Lipinski definition) is 1. The molecule has 2 aliphatic heterocycles. The molecule has 1 saturated heterocycles. The molecule has 0 bridgehead atoms. The number of anilines is 1. The predicted octanol–water partition coefficient (Wildman–Crippen LogP) is 3.66. The third-order valence-corrected chi connectivity index (χ3v) is 5.42. The van der Waals surface area contributed by atoms with Crippen LogP contribution < -0.4 is 19.5 Å². The van der Waals surface area contributed by atoms with Crippen molar-refractivity contribution < 1.29 is 14.2 Å². The standard InChI is InChI=1S/C22H28N2O3/c1-25-20-7-3-2-6-19(20)23-14-17-10-12-24(13-11-17)15-18-16-26-21-8-4-5-9-22(21)27-18/h2-9,17-18,23H,10-16H2,1H3/t18-/m0/s1. The fraction of sp³-hybridized carbons (Fsp3) is 0.455. The van der Waals surface area contributed by atoms with Gasteiger partial charge < -0.3 is 19.5 Å². The molecule has 27 heavy (non-hydrogen) atoms. The molecule has 5 nitrogen and oxygen atoms in total. The van der Waals surface area contributed by atoms with Crippen molar-refractivity contribution in [2.75, 3.05) is 45.2 Å². The zero-order valence-electron chi connectivity index (χ0n) is 15.9. The number of hydrogen-bond acceptors (Lipinski definition) is 5. The van der Waals surface area contributed by atoms with Crippen LogP contribution in [-0.2, 0) is 0 Å². The third kappa shape index (κ3) is 4.48. The summed E-state index contributed by atoms with van der Waals surface area (Å²) in [5, 5.41) is 3.55. The number of likely N-dealkylation sites (tertiary alicyclic amines) is 1. The summed E-state index contributed by atoms with van der Waals surface area (Å²) in [6, 6.07) is 16.0. The van der Waals surface area contributed by atoms with Crippen molar-refractivity contribution >= 4 is 5.69 Å². The molecule has 5 heteroatoms. The van der Waals surface area contributed by atoms with E-state index in [-0.39, 0.29) is 6.10 Å². The van der Waals surface area contributed by atoms with Crippen LogP contribution in [0.3, 0.4) is 0 Å². The van der Waals surface area contributed by atoms with Gasteiger partial charge in [-0.1, -0.05) is 24.3 Å². The Morgan fingerprint density at radius 3 is 2.59 bits per heavy atom. The molecule has 0 aliphatic carbocycles. The maximum Gasteiger partial charge on any atom is 0.161 e. The molecule has 0 amide bonds. The van der Waals surface area contributed by atoms with E-state index in [4.69, 9.17) is 14.2 Å². The number of para-hydroxylation sites is 4.